The lowest BCUT2D eigenvalue weighted by atomic mass is 10.2. The summed E-state index contributed by atoms with van der Waals surface area (Å²) in [5, 5.41) is 3.18. The first-order chi connectivity index (χ1) is 9.25. The van der Waals surface area contributed by atoms with Crippen molar-refractivity contribution in [2.24, 2.45) is 0 Å². The summed E-state index contributed by atoms with van der Waals surface area (Å²) >= 11 is 0. The van der Waals surface area contributed by atoms with Gasteiger partial charge in [-0.15, -0.1) is 0 Å². The minimum atomic E-state index is -2.80. The maximum Gasteiger partial charge on any atom is 0.387 e. The fourth-order valence-electron chi connectivity index (χ4n) is 1.70. The van der Waals surface area contributed by atoms with Crippen LogP contribution in [-0.4, -0.2) is 11.6 Å². The fourth-order valence-corrected chi connectivity index (χ4v) is 1.70. The van der Waals surface area contributed by atoms with E-state index in [-0.39, 0.29) is 5.75 Å². The Morgan fingerprint density at radius 1 is 1.05 bits per heavy atom. The lowest BCUT2D eigenvalue weighted by Crippen LogP contribution is -2.14. The molecule has 0 aliphatic heterocycles. The zero-order valence-corrected chi connectivity index (χ0v) is 10.2. The van der Waals surface area contributed by atoms with Crippen LogP contribution in [0.15, 0.2) is 48.8 Å². The highest BCUT2D eigenvalue weighted by molar-refractivity contribution is 5.33. The Balaban J connectivity index is 1.92. The highest BCUT2D eigenvalue weighted by Gasteiger charge is 2.08. The second-order valence-corrected chi connectivity index (χ2v) is 3.95. The molecular weight excluding hydrogens is 250 g/mol. The monoisotopic (exact) mass is 264 g/mol. The lowest BCUT2D eigenvalue weighted by molar-refractivity contribution is -0.0505. The van der Waals surface area contributed by atoms with Crippen molar-refractivity contribution in [2.75, 3.05) is 0 Å². The molecule has 19 heavy (non-hydrogen) atoms. The van der Waals surface area contributed by atoms with Crippen LogP contribution in [0.4, 0.5) is 8.78 Å². The maximum atomic E-state index is 12.2. The van der Waals surface area contributed by atoms with Crippen LogP contribution in [0.1, 0.15) is 11.1 Å². The molecule has 0 radical (unpaired) electrons. The number of hydrogen-bond acceptors (Lipinski definition) is 3. The molecule has 1 N–H and O–H groups in total. The van der Waals surface area contributed by atoms with Crippen molar-refractivity contribution in [2.45, 2.75) is 19.7 Å². The zero-order valence-electron chi connectivity index (χ0n) is 10.2. The first-order valence-electron chi connectivity index (χ1n) is 5.88. The van der Waals surface area contributed by atoms with Crippen LogP contribution in [0.3, 0.4) is 0 Å². The highest BCUT2D eigenvalue weighted by atomic mass is 19.3. The Bertz CT molecular complexity index is 506. The molecule has 2 aromatic rings. The van der Waals surface area contributed by atoms with Gasteiger partial charge < -0.3 is 10.1 Å². The van der Waals surface area contributed by atoms with Crippen LogP contribution >= 0.6 is 0 Å². The normalized spacial score (nSPS) is 10.7. The van der Waals surface area contributed by atoms with E-state index in [9.17, 15) is 8.78 Å². The van der Waals surface area contributed by atoms with Crippen LogP contribution < -0.4 is 10.1 Å². The summed E-state index contributed by atoms with van der Waals surface area (Å²) in [6.45, 7) is -1.70. The van der Waals surface area contributed by atoms with Crippen molar-refractivity contribution in [3.8, 4) is 5.75 Å². The molecule has 2 rings (SSSR count). The molecule has 0 saturated carbocycles. The first-order valence-corrected chi connectivity index (χ1v) is 5.88. The molecule has 0 bridgehead atoms. The van der Waals surface area contributed by atoms with Gasteiger partial charge in [0.2, 0.25) is 0 Å². The van der Waals surface area contributed by atoms with E-state index in [1.807, 2.05) is 12.1 Å². The average molecular weight is 264 g/mol. The van der Waals surface area contributed by atoms with Gasteiger partial charge in [0.25, 0.3) is 0 Å². The summed E-state index contributed by atoms with van der Waals surface area (Å²) in [5.74, 6) is 0.208. The molecule has 0 amide bonds. The second kappa shape index (κ2) is 6.80. The predicted octanol–water partition coefficient (Wildman–Crippen LogP) is 2.97. The number of nitrogens with one attached hydrogen (secondary N) is 1. The fraction of sp³-hybridized carbons (Fsp3) is 0.214. The van der Waals surface area contributed by atoms with Crippen LogP contribution in [-0.2, 0) is 13.1 Å². The van der Waals surface area contributed by atoms with E-state index >= 15 is 0 Å². The summed E-state index contributed by atoms with van der Waals surface area (Å²) in [4.78, 5) is 3.93. The zero-order chi connectivity index (χ0) is 13.5. The number of hydrogen-bond donors (Lipinski definition) is 1. The molecule has 0 aliphatic rings. The van der Waals surface area contributed by atoms with Crippen molar-refractivity contribution in [1.82, 2.24) is 10.3 Å². The number of nitrogens with zero attached hydrogens (tertiary/aromatic N) is 1. The van der Waals surface area contributed by atoms with Gasteiger partial charge >= 0.3 is 6.61 Å². The van der Waals surface area contributed by atoms with Crippen molar-refractivity contribution in [3.05, 3.63) is 59.9 Å². The molecular formula is C14H14F2N2O. The van der Waals surface area contributed by atoms with Gasteiger partial charge in [0, 0.05) is 31.0 Å². The average Bonchev–Trinajstić information content (AvgIpc) is 2.41. The number of para-hydroxylation sites is 1. The molecule has 0 unspecified atom stereocenters. The largest absolute Gasteiger partial charge is 0.434 e. The molecule has 3 nitrogen and oxygen atoms in total. The standard InChI is InChI=1S/C14H14F2N2O/c15-14(16)19-13-4-2-1-3-12(13)10-18-9-11-5-7-17-8-6-11/h1-8,14,18H,9-10H2. The van der Waals surface area contributed by atoms with E-state index in [0.29, 0.717) is 18.7 Å². The van der Waals surface area contributed by atoms with Gasteiger partial charge in [-0.25, -0.2) is 0 Å². The minimum Gasteiger partial charge on any atom is -0.434 e. The van der Waals surface area contributed by atoms with E-state index < -0.39 is 6.61 Å². The van der Waals surface area contributed by atoms with Crippen molar-refractivity contribution < 1.29 is 13.5 Å². The first kappa shape index (κ1) is 13.4. The smallest absolute Gasteiger partial charge is 0.387 e. The topological polar surface area (TPSA) is 34.1 Å². The number of benzene rings is 1. The van der Waals surface area contributed by atoms with Gasteiger partial charge in [-0.2, -0.15) is 8.78 Å². The van der Waals surface area contributed by atoms with Gasteiger partial charge in [-0.05, 0) is 23.8 Å². The third-order valence-electron chi connectivity index (χ3n) is 2.58. The molecule has 0 fully saturated rings. The Labute approximate surface area is 110 Å². The summed E-state index contributed by atoms with van der Waals surface area (Å²) < 4.78 is 28.9. The minimum absolute atomic E-state index is 0.208. The number of halogens is 2. The summed E-state index contributed by atoms with van der Waals surface area (Å²) in [7, 11) is 0. The van der Waals surface area contributed by atoms with Crippen LogP contribution in [0.25, 0.3) is 0 Å². The Hall–Kier alpha value is -2.01. The van der Waals surface area contributed by atoms with E-state index in [0.717, 1.165) is 5.56 Å². The number of alkyl halides is 2. The van der Waals surface area contributed by atoms with Gasteiger partial charge in [-0.3, -0.25) is 4.98 Å². The molecule has 0 saturated heterocycles. The van der Waals surface area contributed by atoms with Crippen LogP contribution in [0.5, 0.6) is 5.75 Å². The third-order valence-corrected chi connectivity index (χ3v) is 2.58. The molecule has 1 aromatic carbocycles. The third kappa shape index (κ3) is 4.30. The van der Waals surface area contributed by atoms with E-state index in [1.165, 1.54) is 6.07 Å². The number of ether oxygens (including phenoxy) is 1. The molecule has 0 aliphatic carbocycles. The molecule has 1 heterocycles. The van der Waals surface area contributed by atoms with Gasteiger partial charge in [0.05, 0.1) is 0 Å². The molecule has 5 heteroatoms. The Morgan fingerprint density at radius 3 is 2.53 bits per heavy atom. The molecule has 0 spiro atoms. The lowest BCUT2D eigenvalue weighted by Gasteiger charge is -2.11. The number of rotatable bonds is 6. The molecule has 1 aromatic heterocycles. The van der Waals surface area contributed by atoms with Crippen molar-refractivity contribution in [3.63, 3.8) is 0 Å². The SMILES string of the molecule is FC(F)Oc1ccccc1CNCc1ccncc1. The van der Waals surface area contributed by atoms with Crippen LogP contribution in [0, 0.1) is 0 Å². The summed E-state index contributed by atoms with van der Waals surface area (Å²) in [6, 6.07) is 10.6. The van der Waals surface area contributed by atoms with Gasteiger partial charge in [0.15, 0.2) is 0 Å². The molecule has 100 valence electrons. The van der Waals surface area contributed by atoms with Crippen molar-refractivity contribution >= 4 is 0 Å². The van der Waals surface area contributed by atoms with Crippen molar-refractivity contribution in [1.29, 1.82) is 0 Å². The van der Waals surface area contributed by atoms with Gasteiger partial charge in [-0.1, -0.05) is 18.2 Å². The van der Waals surface area contributed by atoms with Gasteiger partial charge in [0.1, 0.15) is 5.75 Å². The number of pyridine rings is 1. The maximum absolute atomic E-state index is 12.2. The predicted molar refractivity (Wildman–Crippen MR) is 67.9 cm³/mol. The summed E-state index contributed by atoms with van der Waals surface area (Å²) in [6.07, 6.45) is 3.43. The second-order valence-electron chi connectivity index (χ2n) is 3.95. The summed E-state index contributed by atoms with van der Waals surface area (Å²) in [5.41, 5.74) is 1.79. The highest BCUT2D eigenvalue weighted by Crippen LogP contribution is 2.19. The van der Waals surface area contributed by atoms with E-state index in [2.05, 4.69) is 15.0 Å². The van der Waals surface area contributed by atoms with E-state index in [4.69, 9.17) is 0 Å². The quantitative estimate of drug-likeness (QED) is 0.871. The Kier molecular flexibility index (Phi) is 4.80. The molecule has 0 atom stereocenters. The Morgan fingerprint density at radius 2 is 1.79 bits per heavy atom. The van der Waals surface area contributed by atoms with Crippen LogP contribution in [0.2, 0.25) is 0 Å². The van der Waals surface area contributed by atoms with E-state index in [1.54, 1.807) is 30.6 Å². The number of aromatic nitrogens is 1.